The minimum atomic E-state index is -0.842. The first-order valence-corrected chi connectivity index (χ1v) is 14.6. The molecule has 1 fully saturated rings. The lowest BCUT2D eigenvalue weighted by Gasteiger charge is -2.35. The molecule has 3 aliphatic heterocycles. The number of nitrogens with zero attached hydrogens (tertiary/aromatic N) is 3. The number of rotatable bonds is 1. The van der Waals surface area contributed by atoms with Crippen LogP contribution in [-0.4, -0.2) is 64.6 Å². The maximum absolute atomic E-state index is 14.0. The number of anilines is 1. The van der Waals surface area contributed by atoms with E-state index in [9.17, 15) is 14.4 Å². The molecule has 9 nitrogen and oxygen atoms in total. The van der Waals surface area contributed by atoms with Crippen molar-refractivity contribution in [3.8, 4) is 0 Å². The summed E-state index contributed by atoms with van der Waals surface area (Å²) in [5.74, 6) is -0.776. The lowest BCUT2D eigenvalue weighted by Crippen LogP contribution is -2.52. The summed E-state index contributed by atoms with van der Waals surface area (Å²) in [6.07, 6.45) is 4.17. The molecule has 4 heterocycles. The van der Waals surface area contributed by atoms with E-state index in [2.05, 4.69) is 37.4 Å². The number of ether oxygens (including phenoxy) is 2. The molecule has 1 saturated heterocycles. The van der Waals surface area contributed by atoms with Crippen molar-refractivity contribution in [1.82, 2.24) is 14.8 Å². The topological polar surface area (TPSA) is 101 Å². The fourth-order valence-electron chi connectivity index (χ4n) is 5.61. The molecule has 0 spiro atoms. The van der Waals surface area contributed by atoms with Crippen LogP contribution in [0.15, 0.2) is 29.7 Å². The summed E-state index contributed by atoms with van der Waals surface area (Å²) in [5, 5.41) is 6.06. The number of carbonyl (C=O) groups is 3. The van der Waals surface area contributed by atoms with Crippen LogP contribution in [-0.2, 0) is 37.6 Å². The van der Waals surface area contributed by atoms with Gasteiger partial charge in [0.1, 0.15) is 18.2 Å². The Morgan fingerprint density at radius 3 is 2.73 bits per heavy atom. The van der Waals surface area contributed by atoms with Crippen LogP contribution in [0.5, 0.6) is 0 Å². The van der Waals surface area contributed by atoms with E-state index in [4.69, 9.17) is 14.5 Å². The number of allylic oxidation sites excluding steroid dienone is 1. The molecule has 1 aromatic heterocycles. The number of hydrogen-bond donors (Lipinski definition) is 1. The third-order valence-electron chi connectivity index (χ3n) is 8.07. The minimum absolute atomic E-state index is 0.115. The van der Waals surface area contributed by atoms with E-state index in [1.807, 2.05) is 38.3 Å². The summed E-state index contributed by atoms with van der Waals surface area (Å²) in [4.78, 5) is 48.2. The summed E-state index contributed by atoms with van der Waals surface area (Å²) in [5.41, 5.74) is 3.50. The van der Waals surface area contributed by atoms with Gasteiger partial charge in [-0.05, 0) is 28.5 Å². The monoisotopic (exact) mass is 566 g/mol. The SMILES string of the molecule is COC(=O)[C@@H]1C[C@@H]2CN1C(=O)[C@H](C(C)(C)C)Nc1nc(cs1)C(C)(C)C/C=C/c1cccc3c1CN(C3)C(=O)O2. The largest absolute Gasteiger partial charge is 0.467 e. The van der Waals surface area contributed by atoms with E-state index in [1.165, 1.54) is 23.3 Å². The van der Waals surface area contributed by atoms with Crippen molar-refractivity contribution in [2.24, 2.45) is 5.41 Å². The highest BCUT2D eigenvalue weighted by atomic mass is 32.1. The number of carbonyl (C=O) groups excluding carboxylic acids is 3. The highest BCUT2D eigenvalue weighted by Gasteiger charge is 2.47. The Kier molecular flexibility index (Phi) is 7.41. The number of fused-ring (bicyclic) bond motifs is 5. The van der Waals surface area contributed by atoms with Gasteiger partial charge in [0, 0.05) is 23.8 Å². The highest BCUT2D eigenvalue weighted by Crippen LogP contribution is 2.35. The van der Waals surface area contributed by atoms with Gasteiger partial charge in [0.2, 0.25) is 5.91 Å². The average Bonchev–Trinajstić information content (AvgIpc) is 3.64. The van der Waals surface area contributed by atoms with Crippen molar-refractivity contribution in [3.63, 3.8) is 0 Å². The van der Waals surface area contributed by atoms with Crippen LogP contribution in [0.1, 0.15) is 69.8 Å². The van der Waals surface area contributed by atoms with Crippen LogP contribution in [0.2, 0.25) is 0 Å². The molecular weight excluding hydrogens is 528 g/mol. The fourth-order valence-corrected chi connectivity index (χ4v) is 6.54. The Hall–Kier alpha value is -3.40. The molecule has 2 amide bonds. The maximum Gasteiger partial charge on any atom is 0.410 e. The normalized spacial score (nSPS) is 25.4. The molecule has 0 unspecified atom stereocenters. The lowest BCUT2D eigenvalue weighted by atomic mass is 9.85. The van der Waals surface area contributed by atoms with E-state index in [0.717, 1.165) is 28.8 Å². The number of thiazole rings is 1. The fraction of sp³-hybridized carbons (Fsp3) is 0.533. The summed E-state index contributed by atoms with van der Waals surface area (Å²) < 4.78 is 10.9. The van der Waals surface area contributed by atoms with Crippen molar-refractivity contribution in [1.29, 1.82) is 0 Å². The second kappa shape index (κ2) is 10.5. The van der Waals surface area contributed by atoms with Crippen LogP contribution < -0.4 is 5.32 Å². The molecule has 3 aliphatic rings. The van der Waals surface area contributed by atoms with Crippen LogP contribution in [0.25, 0.3) is 6.08 Å². The molecule has 1 aromatic carbocycles. The number of methoxy groups -OCH3 is 1. The second-order valence-electron chi connectivity index (χ2n) is 12.6. The number of esters is 1. The van der Waals surface area contributed by atoms with Crippen molar-refractivity contribution in [3.05, 3.63) is 52.0 Å². The zero-order chi connectivity index (χ0) is 28.8. The number of benzene rings is 1. The Bertz CT molecular complexity index is 1340. The first kappa shape index (κ1) is 28.1. The van der Waals surface area contributed by atoms with Crippen LogP contribution in [0.3, 0.4) is 0 Å². The minimum Gasteiger partial charge on any atom is -0.467 e. The van der Waals surface area contributed by atoms with E-state index in [1.54, 1.807) is 4.90 Å². The summed E-state index contributed by atoms with van der Waals surface area (Å²) in [6.45, 7) is 11.2. The zero-order valence-corrected chi connectivity index (χ0v) is 24.8. The van der Waals surface area contributed by atoms with Gasteiger partial charge in [0.05, 0.1) is 25.9 Å². The molecule has 2 aromatic rings. The van der Waals surface area contributed by atoms with Crippen molar-refractivity contribution in [2.45, 2.75) is 84.2 Å². The molecule has 5 rings (SSSR count). The van der Waals surface area contributed by atoms with Gasteiger partial charge in [-0.25, -0.2) is 14.6 Å². The Labute approximate surface area is 239 Å². The highest BCUT2D eigenvalue weighted by molar-refractivity contribution is 7.13. The summed E-state index contributed by atoms with van der Waals surface area (Å²) >= 11 is 1.47. The Morgan fingerprint density at radius 1 is 1.23 bits per heavy atom. The smallest absolute Gasteiger partial charge is 0.410 e. The molecule has 3 atom stereocenters. The molecular formula is C30H38N4O5S. The molecule has 1 N–H and O–H groups in total. The lowest BCUT2D eigenvalue weighted by molar-refractivity contribution is -0.151. The van der Waals surface area contributed by atoms with E-state index in [0.29, 0.717) is 18.2 Å². The van der Waals surface area contributed by atoms with E-state index < -0.39 is 35.7 Å². The first-order valence-electron chi connectivity index (χ1n) is 13.7. The molecule has 0 aliphatic carbocycles. The molecule has 6 bridgehead atoms. The van der Waals surface area contributed by atoms with Crippen LogP contribution in [0, 0.1) is 5.41 Å². The molecule has 214 valence electrons. The van der Waals surface area contributed by atoms with Gasteiger partial charge < -0.3 is 19.7 Å². The number of amides is 2. The van der Waals surface area contributed by atoms with E-state index >= 15 is 0 Å². The number of nitrogens with one attached hydrogen (secondary N) is 1. The van der Waals surface area contributed by atoms with Crippen LogP contribution >= 0.6 is 11.3 Å². The van der Waals surface area contributed by atoms with Crippen molar-refractivity contribution in [2.75, 3.05) is 19.0 Å². The van der Waals surface area contributed by atoms with Crippen LogP contribution in [0.4, 0.5) is 9.93 Å². The average molecular weight is 567 g/mol. The quantitative estimate of drug-likeness (QED) is 0.487. The standard InChI is InChI=1S/C30H38N4O5S/c1-29(2,3)24-25(35)34-15-20(13-22(34)26(36)38-6)39-28(37)33-14-19-10-7-9-18(21(19)16-33)11-8-12-30(4,5)23-17-40-27(31-23)32-24/h7-11,17,20,22,24H,12-16H2,1-6H3,(H,31,32)/b11-8+/t20-,22+,24-/m1/s1. The van der Waals surface area contributed by atoms with E-state index in [-0.39, 0.29) is 24.3 Å². The zero-order valence-electron chi connectivity index (χ0n) is 24.0. The maximum atomic E-state index is 14.0. The molecule has 40 heavy (non-hydrogen) atoms. The molecule has 10 heteroatoms. The second-order valence-corrected chi connectivity index (χ2v) is 13.4. The van der Waals surface area contributed by atoms with Gasteiger partial charge in [0.15, 0.2) is 5.13 Å². The van der Waals surface area contributed by atoms with Gasteiger partial charge in [-0.3, -0.25) is 9.69 Å². The number of aromatic nitrogens is 1. The first-order chi connectivity index (χ1) is 18.9. The van der Waals surface area contributed by atoms with Gasteiger partial charge >= 0.3 is 12.1 Å². The van der Waals surface area contributed by atoms with Gasteiger partial charge in [-0.15, -0.1) is 11.3 Å². The molecule has 0 radical (unpaired) electrons. The third kappa shape index (κ3) is 5.46. The summed E-state index contributed by atoms with van der Waals surface area (Å²) in [6, 6.07) is 4.61. The predicted molar refractivity (Wildman–Crippen MR) is 154 cm³/mol. The Balaban J connectivity index is 1.53. The number of hydrogen-bond acceptors (Lipinski definition) is 8. The molecule has 0 saturated carbocycles. The van der Waals surface area contributed by atoms with Gasteiger partial charge in [0.25, 0.3) is 0 Å². The van der Waals surface area contributed by atoms with Crippen molar-refractivity contribution >= 4 is 40.5 Å². The van der Waals surface area contributed by atoms with Gasteiger partial charge in [-0.1, -0.05) is 65.0 Å². The van der Waals surface area contributed by atoms with Gasteiger partial charge in [-0.2, -0.15) is 0 Å². The third-order valence-corrected chi connectivity index (χ3v) is 8.84. The summed E-state index contributed by atoms with van der Waals surface area (Å²) in [7, 11) is 1.31. The Morgan fingerprint density at radius 2 is 2.00 bits per heavy atom. The van der Waals surface area contributed by atoms with Crippen molar-refractivity contribution < 1.29 is 23.9 Å². The predicted octanol–water partition coefficient (Wildman–Crippen LogP) is 4.96.